The van der Waals surface area contributed by atoms with Crippen LogP contribution in [0.3, 0.4) is 0 Å². The number of hydrogen-bond acceptors (Lipinski definition) is 6. The van der Waals surface area contributed by atoms with E-state index in [1.54, 1.807) is 6.20 Å². The van der Waals surface area contributed by atoms with E-state index in [1.807, 2.05) is 12.1 Å². The van der Waals surface area contributed by atoms with Crippen molar-refractivity contribution < 1.29 is 9.26 Å². The molecule has 6 nitrogen and oxygen atoms in total. The monoisotopic (exact) mass is 324 g/mol. The minimum Gasteiger partial charge on any atom is -0.375 e. The Kier molecular flexibility index (Phi) is 3.86. The first-order chi connectivity index (χ1) is 9.31. The van der Waals surface area contributed by atoms with Gasteiger partial charge in [0.05, 0.1) is 19.1 Å². The van der Waals surface area contributed by atoms with Crippen molar-refractivity contribution in [1.82, 2.24) is 20.4 Å². The second-order valence-electron chi connectivity index (χ2n) is 4.27. The Labute approximate surface area is 118 Å². The van der Waals surface area contributed by atoms with Gasteiger partial charge in [0.1, 0.15) is 5.69 Å². The topological polar surface area (TPSA) is 73.1 Å². The molecule has 1 saturated heterocycles. The first-order valence-electron chi connectivity index (χ1n) is 6.08. The highest BCUT2D eigenvalue weighted by atomic mass is 79.9. The van der Waals surface area contributed by atoms with Crippen LogP contribution < -0.4 is 5.32 Å². The molecule has 0 aliphatic carbocycles. The van der Waals surface area contributed by atoms with Crippen LogP contribution in [-0.4, -0.2) is 40.9 Å². The minimum atomic E-state index is 0.0972. The third kappa shape index (κ3) is 3.17. The molecule has 0 amide bonds. The zero-order valence-corrected chi connectivity index (χ0v) is 11.8. The standard InChI is InChI=1S/C12H13BrN4O2/c13-8-1-2-10(15-6-8)12-16-11(19-17-12)5-9-7-14-3-4-18-9/h1-2,6,9,14H,3-5,7H2. The van der Waals surface area contributed by atoms with Crippen LogP contribution in [0.15, 0.2) is 27.3 Å². The van der Waals surface area contributed by atoms with Crippen LogP contribution in [0.4, 0.5) is 0 Å². The molecule has 0 aromatic carbocycles. The van der Waals surface area contributed by atoms with Gasteiger partial charge >= 0.3 is 0 Å². The van der Waals surface area contributed by atoms with Crippen molar-refractivity contribution in [2.45, 2.75) is 12.5 Å². The third-order valence-corrected chi connectivity index (χ3v) is 3.30. The molecular weight excluding hydrogens is 312 g/mol. The van der Waals surface area contributed by atoms with Gasteiger partial charge in [-0.3, -0.25) is 4.98 Å². The summed E-state index contributed by atoms with van der Waals surface area (Å²) in [5, 5.41) is 7.21. The lowest BCUT2D eigenvalue weighted by Gasteiger charge is -2.21. The number of nitrogens with zero attached hydrogens (tertiary/aromatic N) is 3. The summed E-state index contributed by atoms with van der Waals surface area (Å²) in [6, 6.07) is 3.74. The number of halogens is 1. The number of pyridine rings is 1. The van der Waals surface area contributed by atoms with E-state index >= 15 is 0 Å². The average Bonchev–Trinajstić information content (AvgIpc) is 2.89. The molecule has 1 atom stereocenters. The van der Waals surface area contributed by atoms with E-state index in [4.69, 9.17) is 9.26 Å². The van der Waals surface area contributed by atoms with Gasteiger partial charge in [-0.05, 0) is 28.1 Å². The summed E-state index contributed by atoms with van der Waals surface area (Å²) < 4.78 is 11.8. The van der Waals surface area contributed by atoms with Crippen LogP contribution in [0.5, 0.6) is 0 Å². The molecule has 19 heavy (non-hydrogen) atoms. The highest BCUT2D eigenvalue weighted by molar-refractivity contribution is 9.10. The summed E-state index contributed by atoms with van der Waals surface area (Å²) in [5.41, 5.74) is 0.695. The Morgan fingerprint density at radius 1 is 1.42 bits per heavy atom. The van der Waals surface area contributed by atoms with Crippen molar-refractivity contribution in [1.29, 1.82) is 0 Å². The number of rotatable bonds is 3. The average molecular weight is 325 g/mol. The Morgan fingerprint density at radius 3 is 3.11 bits per heavy atom. The van der Waals surface area contributed by atoms with Crippen molar-refractivity contribution in [2.75, 3.05) is 19.7 Å². The number of hydrogen-bond donors (Lipinski definition) is 1. The van der Waals surface area contributed by atoms with Crippen LogP contribution in [0, 0.1) is 0 Å². The molecule has 1 aliphatic heterocycles. The second-order valence-corrected chi connectivity index (χ2v) is 5.19. The van der Waals surface area contributed by atoms with E-state index in [0.29, 0.717) is 23.8 Å². The van der Waals surface area contributed by atoms with Crippen molar-refractivity contribution in [3.63, 3.8) is 0 Å². The minimum absolute atomic E-state index is 0.0972. The largest absolute Gasteiger partial charge is 0.375 e. The lowest BCUT2D eigenvalue weighted by atomic mass is 10.2. The zero-order valence-electron chi connectivity index (χ0n) is 10.2. The van der Waals surface area contributed by atoms with E-state index in [-0.39, 0.29) is 6.10 Å². The predicted octanol–water partition coefficient (Wildman–Crippen LogP) is 1.42. The molecule has 1 aliphatic rings. The first-order valence-corrected chi connectivity index (χ1v) is 6.87. The number of ether oxygens (including phenoxy) is 1. The molecule has 1 fully saturated rings. The van der Waals surface area contributed by atoms with Crippen molar-refractivity contribution >= 4 is 15.9 Å². The lowest BCUT2D eigenvalue weighted by molar-refractivity contribution is 0.0246. The van der Waals surface area contributed by atoms with Gasteiger partial charge < -0.3 is 14.6 Å². The van der Waals surface area contributed by atoms with Crippen LogP contribution in [0.2, 0.25) is 0 Å². The summed E-state index contributed by atoms with van der Waals surface area (Å²) >= 11 is 3.34. The van der Waals surface area contributed by atoms with Crippen LogP contribution in [-0.2, 0) is 11.2 Å². The molecule has 2 aromatic heterocycles. The highest BCUT2D eigenvalue weighted by Crippen LogP contribution is 2.16. The maximum Gasteiger partial charge on any atom is 0.229 e. The fourth-order valence-corrected chi connectivity index (χ4v) is 2.13. The second kappa shape index (κ2) is 5.77. The maximum atomic E-state index is 5.60. The normalized spacial score (nSPS) is 19.5. The van der Waals surface area contributed by atoms with E-state index in [9.17, 15) is 0 Å². The molecule has 2 aromatic rings. The fraction of sp³-hybridized carbons (Fsp3) is 0.417. The summed E-state index contributed by atoms with van der Waals surface area (Å²) in [6.45, 7) is 2.43. The predicted molar refractivity (Wildman–Crippen MR) is 71.5 cm³/mol. The summed E-state index contributed by atoms with van der Waals surface area (Å²) in [4.78, 5) is 8.57. The number of morpholine rings is 1. The molecule has 1 unspecified atom stereocenters. The molecule has 3 rings (SSSR count). The Morgan fingerprint density at radius 2 is 2.37 bits per heavy atom. The van der Waals surface area contributed by atoms with Gasteiger partial charge in [0.2, 0.25) is 11.7 Å². The van der Waals surface area contributed by atoms with Gasteiger partial charge in [-0.2, -0.15) is 4.98 Å². The smallest absolute Gasteiger partial charge is 0.229 e. The van der Waals surface area contributed by atoms with Gasteiger partial charge in [0.25, 0.3) is 0 Å². The fourth-order valence-electron chi connectivity index (χ4n) is 1.90. The van der Waals surface area contributed by atoms with E-state index < -0.39 is 0 Å². The molecule has 0 saturated carbocycles. The van der Waals surface area contributed by atoms with Gasteiger partial charge in [0.15, 0.2) is 0 Å². The molecule has 3 heterocycles. The van der Waals surface area contributed by atoms with Crippen molar-refractivity contribution in [2.24, 2.45) is 0 Å². The molecule has 0 radical (unpaired) electrons. The lowest BCUT2D eigenvalue weighted by Crippen LogP contribution is -2.39. The molecule has 100 valence electrons. The van der Waals surface area contributed by atoms with Crippen LogP contribution >= 0.6 is 15.9 Å². The van der Waals surface area contributed by atoms with E-state index in [2.05, 4.69) is 36.4 Å². The van der Waals surface area contributed by atoms with Crippen LogP contribution in [0.25, 0.3) is 11.5 Å². The molecular formula is C12H13BrN4O2. The number of aromatic nitrogens is 3. The Bertz CT molecular complexity index is 537. The van der Waals surface area contributed by atoms with Gasteiger partial charge in [0, 0.05) is 23.8 Å². The summed E-state index contributed by atoms with van der Waals surface area (Å²) in [6.07, 6.45) is 2.43. The summed E-state index contributed by atoms with van der Waals surface area (Å²) in [7, 11) is 0. The molecule has 0 spiro atoms. The van der Waals surface area contributed by atoms with E-state index in [0.717, 1.165) is 24.2 Å². The van der Waals surface area contributed by atoms with Crippen molar-refractivity contribution in [3.8, 4) is 11.5 Å². The molecule has 1 N–H and O–H groups in total. The summed E-state index contributed by atoms with van der Waals surface area (Å²) in [5.74, 6) is 1.08. The van der Waals surface area contributed by atoms with Gasteiger partial charge in [-0.15, -0.1) is 0 Å². The SMILES string of the molecule is Brc1ccc(-c2noc(CC3CNCCO3)n2)nc1. The third-order valence-electron chi connectivity index (χ3n) is 2.83. The Hall–Kier alpha value is -1.31. The van der Waals surface area contributed by atoms with Gasteiger partial charge in [-0.1, -0.05) is 5.16 Å². The van der Waals surface area contributed by atoms with Crippen molar-refractivity contribution in [3.05, 3.63) is 28.7 Å². The number of nitrogens with one attached hydrogen (secondary N) is 1. The van der Waals surface area contributed by atoms with Crippen LogP contribution in [0.1, 0.15) is 5.89 Å². The quantitative estimate of drug-likeness (QED) is 0.920. The Balaban J connectivity index is 1.70. The molecule has 7 heteroatoms. The van der Waals surface area contributed by atoms with E-state index in [1.165, 1.54) is 0 Å². The highest BCUT2D eigenvalue weighted by Gasteiger charge is 2.18. The zero-order chi connectivity index (χ0) is 13.1. The van der Waals surface area contributed by atoms with Gasteiger partial charge in [-0.25, -0.2) is 0 Å². The molecule has 0 bridgehead atoms. The maximum absolute atomic E-state index is 5.60. The first kappa shape index (κ1) is 12.7.